The second-order valence-electron chi connectivity index (χ2n) is 7.28. The SMILES string of the molecule is COC[C@H](C)n1c(C)cc(C(=O)CSc2nnnn2-c2c(C)cccc2C)c1C. The van der Waals surface area contributed by atoms with Gasteiger partial charge in [0, 0.05) is 24.1 Å². The van der Waals surface area contributed by atoms with Crippen LogP contribution in [0.5, 0.6) is 0 Å². The van der Waals surface area contributed by atoms with Crippen LogP contribution in [-0.4, -0.2) is 50.0 Å². The van der Waals surface area contributed by atoms with Crippen molar-refractivity contribution in [3.8, 4) is 5.69 Å². The van der Waals surface area contributed by atoms with Gasteiger partial charge in [0.2, 0.25) is 5.16 Å². The zero-order valence-electron chi connectivity index (χ0n) is 17.8. The fraction of sp³-hybridized carbons (Fsp3) is 0.429. The summed E-state index contributed by atoms with van der Waals surface area (Å²) in [6, 6.07) is 8.19. The van der Waals surface area contributed by atoms with Gasteiger partial charge in [0.15, 0.2) is 5.78 Å². The molecule has 1 atom stereocenters. The van der Waals surface area contributed by atoms with Gasteiger partial charge in [-0.1, -0.05) is 30.0 Å². The molecule has 154 valence electrons. The van der Waals surface area contributed by atoms with Crippen molar-refractivity contribution in [3.63, 3.8) is 0 Å². The summed E-state index contributed by atoms with van der Waals surface area (Å²) in [7, 11) is 1.69. The first-order chi connectivity index (χ1) is 13.8. The van der Waals surface area contributed by atoms with E-state index in [4.69, 9.17) is 4.74 Å². The molecule has 0 radical (unpaired) electrons. The Morgan fingerprint density at radius 1 is 1.21 bits per heavy atom. The van der Waals surface area contributed by atoms with Crippen molar-refractivity contribution in [2.45, 2.75) is 45.8 Å². The first-order valence-corrected chi connectivity index (χ1v) is 10.5. The molecule has 0 saturated carbocycles. The lowest BCUT2D eigenvalue weighted by molar-refractivity contribution is 0.102. The van der Waals surface area contributed by atoms with E-state index >= 15 is 0 Å². The Kier molecular flexibility index (Phi) is 6.54. The van der Waals surface area contributed by atoms with Gasteiger partial charge in [-0.3, -0.25) is 4.79 Å². The van der Waals surface area contributed by atoms with Crippen LogP contribution in [0.1, 0.15) is 45.8 Å². The summed E-state index contributed by atoms with van der Waals surface area (Å²) in [6.45, 7) is 10.7. The molecular weight excluding hydrogens is 386 g/mol. The molecule has 0 fully saturated rings. The number of tetrazole rings is 1. The van der Waals surface area contributed by atoms with E-state index in [-0.39, 0.29) is 17.6 Å². The van der Waals surface area contributed by atoms with Crippen molar-refractivity contribution in [3.05, 3.63) is 52.3 Å². The third-order valence-electron chi connectivity index (χ3n) is 5.06. The minimum absolute atomic E-state index is 0.0648. The average molecular weight is 414 g/mol. The third kappa shape index (κ3) is 4.28. The minimum atomic E-state index is 0.0648. The highest BCUT2D eigenvalue weighted by Gasteiger charge is 2.20. The van der Waals surface area contributed by atoms with Crippen LogP contribution in [0.3, 0.4) is 0 Å². The molecule has 3 rings (SSSR count). The molecule has 7 nitrogen and oxygen atoms in total. The Balaban J connectivity index is 1.80. The van der Waals surface area contributed by atoms with Gasteiger partial charge in [0.05, 0.1) is 24.1 Å². The van der Waals surface area contributed by atoms with E-state index in [1.807, 2.05) is 52.0 Å². The van der Waals surface area contributed by atoms with Gasteiger partial charge in [-0.15, -0.1) is 5.10 Å². The van der Waals surface area contributed by atoms with E-state index in [2.05, 4.69) is 27.0 Å². The molecule has 0 unspecified atom stereocenters. The third-order valence-corrected chi connectivity index (χ3v) is 5.98. The number of methoxy groups -OCH3 is 1. The number of carbonyl (C=O) groups excluding carboxylic acids is 1. The molecule has 29 heavy (non-hydrogen) atoms. The molecule has 2 heterocycles. The standard InChI is InChI=1S/C21H27N5O2S/c1-13-8-7-9-14(2)20(13)26-21(22-23-24-26)29-12-19(27)18-10-15(3)25(17(18)5)16(4)11-28-6/h7-10,16H,11-12H2,1-6H3/t16-/m0/s1. The molecule has 0 bridgehead atoms. The number of carbonyl (C=O) groups is 1. The lowest BCUT2D eigenvalue weighted by Gasteiger charge is -2.17. The van der Waals surface area contributed by atoms with Crippen molar-refractivity contribution in [2.24, 2.45) is 0 Å². The number of para-hydroxylation sites is 1. The minimum Gasteiger partial charge on any atom is -0.383 e. The zero-order valence-corrected chi connectivity index (χ0v) is 18.6. The van der Waals surface area contributed by atoms with Crippen LogP contribution in [0, 0.1) is 27.7 Å². The highest BCUT2D eigenvalue weighted by Crippen LogP contribution is 2.26. The number of aryl methyl sites for hydroxylation is 3. The first kappa shape index (κ1) is 21.3. The molecule has 0 saturated heterocycles. The van der Waals surface area contributed by atoms with E-state index in [9.17, 15) is 4.79 Å². The van der Waals surface area contributed by atoms with E-state index in [0.29, 0.717) is 11.8 Å². The molecule has 3 aromatic rings. The molecule has 0 aliphatic rings. The number of Topliss-reactive ketones (excluding diaryl/α,β-unsaturated/α-hetero) is 1. The number of aromatic nitrogens is 5. The molecule has 0 amide bonds. The lowest BCUT2D eigenvalue weighted by atomic mass is 10.1. The number of benzene rings is 1. The topological polar surface area (TPSA) is 74.8 Å². The summed E-state index contributed by atoms with van der Waals surface area (Å²) in [4.78, 5) is 12.9. The molecule has 0 aliphatic carbocycles. The Morgan fingerprint density at radius 3 is 2.55 bits per heavy atom. The Hall–Kier alpha value is -2.45. The first-order valence-electron chi connectivity index (χ1n) is 9.53. The second kappa shape index (κ2) is 8.92. The molecule has 2 aromatic heterocycles. The van der Waals surface area contributed by atoms with Crippen LogP contribution in [0.2, 0.25) is 0 Å². The number of hydrogen-bond acceptors (Lipinski definition) is 6. The van der Waals surface area contributed by atoms with E-state index in [1.165, 1.54) is 11.8 Å². The van der Waals surface area contributed by atoms with Gasteiger partial charge < -0.3 is 9.30 Å². The van der Waals surface area contributed by atoms with Gasteiger partial charge in [-0.05, 0) is 62.2 Å². The number of rotatable bonds is 8. The van der Waals surface area contributed by atoms with Crippen LogP contribution >= 0.6 is 11.8 Å². The van der Waals surface area contributed by atoms with Gasteiger partial charge in [0.25, 0.3) is 0 Å². The Bertz CT molecular complexity index is 1000. The number of hydrogen-bond donors (Lipinski definition) is 0. The number of ether oxygens (including phenoxy) is 1. The summed E-state index contributed by atoms with van der Waals surface area (Å²) in [5, 5.41) is 12.7. The van der Waals surface area contributed by atoms with Crippen LogP contribution in [-0.2, 0) is 4.74 Å². The van der Waals surface area contributed by atoms with Crippen LogP contribution in [0.15, 0.2) is 29.4 Å². The van der Waals surface area contributed by atoms with E-state index in [1.54, 1.807) is 11.8 Å². The number of thioether (sulfide) groups is 1. The molecule has 0 aliphatic heterocycles. The number of ketones is 1. The maximum absolute atomic E-state index is 12.9. The summed E-state index contributed by atoms with van der Waals surface area (Å²) < 4.78 is 9.14. The smallest absolute Gasteiger partial charge is 0.214 e. The van der Waals surface area contributed by atoms with Crippen molar-refractivity contribution >= 4 is 17.5 Å². The van der Waals surface area contributed by atoms with Crippen molar-refractivity contribution in [1.82, 2.24) is 24.8 Å². The molecule has 0 N–H and O–H groups in total. The highest BCUT2D eigenvalue weighted by atomic mass is 32.2. The van der Waals surface area contributed by atoms with Crippen LogP contribution < -0.4 is 0 Å². The van der Waals surface area contributed by atoms with Crippen molar-refractivity contribution in [2.75, 3.05) is 19.5 Å². The lowest BCUT2D eigenvalue weighted by Crippen LogP contribution is -2.15. The van der Waals surface area contributed by atoms with Gasteiger partial charge in [-0.25, -0.2) is 0 Å². The predicted molar refractivity (Wildman–Crippen MR) is 114 cm³/mol. The summed E-state index contributed by atoms with van der Waals surface area (Å²) >= 11 is 1.35. The quantitative estimate of drug-likeness (QED) is 0.412. The summed E-state index contributed by atoms with van der Waals surface area (Å²) in [5.74, 6) is 0.337. The molecular formula is C21H27N5O2S. The van der Waals surface area contributed by atoms with E-state index in [0.717, 1.165) is 33.8 Å². The molecule has 8 heteroatoms. The fourth-order valence-corrected chi connectivity index (χ4v) is 4.57. The monoisotopic (exact) mass is 413 g/mol. The van der Waals surface area contributed by atoms with Gasteiger partial charge in [0.1, 0.15) is 0 Å². The van der Waals surface area contributed by atoms with Crippen molar-refractivity contribution in [1.29, 1.82) is 0 Å². The largest absolute Gasteiger partial charge is 0.383 e. The average Bonchev–Trinajstić information content (AvgIpc) is 3.24. The normalized spacial score (nSPS) is 12.3. The summed E-state index contributed by atoms with van der Waals surface area (Å²) in [5.41, 5.74) is 5.89. The Morgan fingerprint density at radius 2 is 1.90 bits per heavy atom. The molecule has 0 spiro atoms. The number of nitrogens with zero attached hydrogens (tertiary/aromatic N) is 5. The second-order valence-corrected chi connectivity index (χ2v) is 8.23. The van der Waals surface area contributed by atoms with Gasteiger partial charge in [-0.2, -0.15) is 4.68 Å². The van der Waals surface area contributed by atoms with Crippen molar-refractivity contribution < 1.29 is 9.53 Å². The zero-order chi connectivity index (χ0) is 21.1. The predicted octanol–water partition coefficient (Wildman–Crippen LogP) is 3.88. The van der Waals surface area contributed by atoms with Crippen LogP contribution in [0.4, 0.5) is 0 Å². The van der Waals surface area contributed by atoms with Crippen LogP contribution in [0.25, 0.3) is 5.69 Å². The maximum Gasteiger partial charge on any atom is 0.214 e. The van der Waals surface area contributed by atoms with E-state index < -0.39 is 0 Å². The fourth-order valence-electron chi connectivity index (χ4n) is 3.81. The molecule has 1 aromatic carbocycles. The highest BCUT2D eigenvalue weighted by molar-refractivity contribution is 7.99. The Labute approximate surface area is 175 Å². The maximum atomic E-state index is 12.9. The summed E-state index contributed by atoms with van der Waals surface area (Å²) in [6.07, 6.45) is 0. The van der Waals surface area contributed by atoms with Gasteiger partial charge >= 0.3 is 0 Å².